The van der Waals surface area contributed by atoms with E-state index < -0.39 is 4.92 Å². The second-order valence-electron chi connectivity index (χ2n) is 6.15. The maximum Gasteiger partial charge on any atom is 0.292 e. The van der Waals surface area contributed by atoms with Crippen LogP contribution in [0.2, 0.25) is 0 Å². The number of benzene rings is 2. The summed E-state index contributed by atoms with van der Waals surface area (Å²) in [5, 5.41) is 11.0. The Morgan fingerprint density at radius 2 is 1.84 bits per heavy atom. The molecule has 0 aromatic heterocycles. The predicted octanol–water partition coefficient (Wildman–Crippen LogP) is 2.45. The van der Waals surface area contributed by atoms with Crippen molar-refractivity contribution in [2.24, 2.45) is 0 Å². The molecule has 1 heterocycles. The molecule has 130 valence electrons. The first-order valence-electron chi connectivity index (χ1n) is 8.10. The zero-order chi connectivity index (χ0) is 18.0. The van der Waals surface area contributed by atoms with Gasteiger partial charge in [0.2, 0.25) is 0 Å². The van der Waals surface area contributed by atoms with Crippen LogP contribution in [-0.4, -0.2) is 41.9 Å². The number of aryl methyl sites for hydroxylation is 1. The van der Waals surface area contributed by atoms with E-state index in [1.807, 2.05) is 6.07 Å². The lowest BCUT2D eigenvalue weighted by Crippen LogP contribution is -2.48. The molecule has 1 amide bonds. The second-order valence-corrected chi connectivity index (χ2v) is 6.15. The van der Waals surface area contributed by atoms with Crippen LogP contribution >= 0.6 is 0 Å². The SMILES string of the molecule is Cc1cccc(N2CCN(C(=O)c3ccc(N)c([N+](=O)[O-])c3)CC2)c1. The average molecular weight is 340 g/mol. The number of nitro groups is 1. The highest BCUT2D eigenvalue weighted by Crippen LogP contribution is 2.24. The lowest BCUT2D eigenvalue weighted by atomic mass is 10.1. The minimum Gasteiger partial charge on any atom is -0.393 e. The Morgan fingerprint density at radius 1 is 1.12 bits per heavy atom. The van der Waals surface area contributed by atoms with Crippen molar-refractivity contribution in [3.05, 3.63) is 63.7 Å². The third-order valence-corrected chi connectivity index (χ3v) is 4.41. The highest BCUT2D eigenvalue weighted by atomic mass is 16.6. The van der Waals surface area contributed by atoms with Gasteiger partial charge in [0.15, 0.2) is 0 Å². The minimum atomic E-state index is -0.568. The van der Waals surface area contributed by atoms with Gasteiger partial charge in [0.1, 0.15) is 5.69 Å². The summed E-state index contributed by atoms with van der Waals surface area (Å²) in [4.78, 5) is 27.0. The van der Waals surface area contributed by atoms with Crippen LogP contribution in [0.3, 0.4) is 0 Å². The molecule has 0 bridgehead atoms. The Morgan fingerprint density at radius 3 is 2.48 bits per heavy atom. The van der Waals surface area contributed by atoms with Crippen molar-refractivity contribution in [2.75, 3.05) is 36.8 Å². The van der Waals surface area contributed by atoms with E-state index >= 15 is 0 Å². The van der Waals surface area contributed by atoms with E-state index in [1.54, 1.807) is 4.90 Å². The van der Waals surface area contributed by atoms with Crippen molar-refractivity contribution in [3.63, 3.8) is 0 Å². The third kappa shape index (κ3) is 3.55. The van der Waals surface area contributed by atoms with Crippen LogP contribution in [0, 0.1) is 17.0 Å². The summed E-state index contributed by atoms with van der Waals surface area (Å²) in [6.07, 6.45) is 0. The molecule has 0 spiro atoms. The van der Waals surface area contributed by atoms with Crippen molar-refractivity contribution < 1.29 is 9.72 Å². The number of hydrogen-bond acceptors (Lipinski definition) is 5. The highest BCUT2D eigenvalue weighted by molar-refractivity contribution is 5.95. The molecule has 1 fully saturated rings. The van der Waals surface area contributed by atoms with E-state index in [4.69, 9.17) is 5.73 Å². The van der Waals surface area contributed by atoms with Crippen molar-refractivity contribution in [1.29, 1.82) is 0 Å². The molecule has 0 unspecified atom stereocenters. The normalized spacial score (nSPS) is 14.4. The van der Waals surface area contributed by atoms with Crippen molar-refractivity contribution >= 4 is 23.0 Å². The van der Waals surface area contributed by atoms with Gasteiger partial charge in [-0.15, -0.1) is 0 Å². The van der Waals surface area contributed by atoms with Gasteiger partial charge in [-0.2, -0.15) is 0 Å². The first-order chi connectivity index (χ1) is 12.0. The van der Waals surface area contributed by atoms with E-state index in [1.165, 1.54) is 23.8 Å². The monoisotopic (exact) mass is 340 g/mol. The number of rotatable bonds is 3. The number of nitrogens with zero attached hydrogens (tertiary/aromatic N) is 3. The molecule has 3 rings (SSSR count). The van der Waals surface area contributed by atoms with Crippen LogP contribution in [-0.2, 0) is 0 Å². The molecule has 7 heteroatoms. The molecule has 2 aromatic carbocycles. The second kappa shape index (κ2) is 6.80. The fourth-order valence-corrected chi connectivity index (χ4v) is 3.01. The Labute approximate surface area is 145 Å². The predicted molar refractivity (Wildman–Crippen MR) is 96.8 cm³/mol. The molecule has 1 saturated heterocycles. The third-order valence-electron chi connectivity index (χ3n) is 4.41. The van der Waals surface area contributed by atoms with E-state index in [9.17, 15) is 14.9 Å². The van der Waals surface area contributed by atoms with Gasteiger partial charge in [-0.3, -0.25) is 14.9 Å². The number of nitrogens with two attached hydrogens (primary N) is 1. The lowest BCUT2D eigenvalue weighted by Gasteiger charge is -2.36. The molecule has 1 aliphatic rings. The summed E-state index contributed by atoms with van der Waals surface area (Å²) in [5.74, 6) is -0.202. The number of nitrogen functional groups attached to an aromatic ring is 1. The average Bonchev–Trinajstić information content (AvgIpc) is 2.61. The van der Waals surface area contributed by atoms with Gasteiger partial charge in [-0.1, -0.05) is 12.1 Å². The van der Waals surface area contributed by atoms with Crippen LogP contribution in [0.1, 0.15) is 15.9 Å². The maximum atomic E-state index is 12.6. The van der Waals surface area contributed by atoms with Crippen LogP contribution < -0.4 is 10.6 Å². The fourth-order valence-electron chi connectivity index (χ4n) is 3.01. The van der Waals surface area contributed by atoms with Gasteiger partial charge >= 0.3 is 0 Å². The zero-order valence-electron chi connectivity index (χ0n) is 14.0. The molecule has 0 saturated carbocycles. The number of nitro benzene ring substituents is 1. The molecule has 2 N–H and O–H groups in total. The van der Waals surface area contributed by atoms with Gasteiger partial charge in [-0.25, -0.2) is 0 Å². The number of carbonyl (C=O) groups excluding carboxylic acids is 1. The molecule has 25 heavy (non-hydrogen) atoms. The molecular formula is C18H20N4O3. The van der Waals surface area contributed by atoms with E-state index in [0.717, 1.165) is 18.8 Å². The number of carbonyl (C=O) groups is 1. The summed E-state index contributed by atoms with van der Waals surface area (Å²) in [6, 6.07) is 12.5. The Balaban J connectivity index is 1.69. The summed E-state index contributed by atoms with van der Waals surface area (Å²) in [5.41, 5.74) is 8.06. The van der Waals surface area contributed by atoms with Gasteiger partial charge in [0.05, 0.1) is 4.92 Å². The van der Waals surface area contributed by atoms with Crippen molar-refractivity contribution in [1.82, 2.24) is 4.90 Å². The number of anilines is 2. The van der Waals surface area contributed by atoms with E-state index in [-0.39, 0.29) is 17.3 Å². The van der Waals surface area contributed by atoms with Crippen LogP contribution in [0.4, 0.5) is 17.1 Å². The Kier molecular flexibility index (Phi) is 4.56. The first-order valence-corrected chi connectivity index (χ1v) is 8.10. The zero-order valence-corrected chi connectivity index (χ0v) is 14.0. The van der Waals surface area contributed by atoms with Crippen molar-refractivity contribution in [2.45, 2.75) is 6.92 Å². The standard InChI is InChI=1S/C18H20N4O3/c1-13-3-2-4-15(11-13)20-7-9-21(10-8-20)18(23)14-5-6-16(19)17(12-14)22(24)25/h2-6,11-12H,7-10,19H2,1H3. The summed E-state index contributed by atoms with van der Waals surface area (Å²) in [6.45, 7) is 4.66. The topological polar surface area (TPSA) is 92.7 Å². The number of amides is 1. The van der Waals surface area contributed by atoms with Crippen LogP contribution in [0.25, 0.3) is 0 Å². The van der Waals surface area contributed by atoms with E-state index in [0.29, 0.717) is 18.7 Å². The largest absolute Gasteiger partial charge is 0.393 e. The highest BCUT2D eigenvalue weighted by Gasteiger charge is 2.24. The van der Waals surface area contributed by atoms with Gasteiger partial charge in [0, 0.05) is 43.5 Å². The van der Waals surface area contributed by atoms with Crippen LogP contribution in [0.15, 0.2) is 42.5 Å². The minimum absolute atomic E-state index is 0.0609. The van der Waals surface area contributed by atoms with Gasteiger partial charge in [0.25, 0.3) is 11.6 Å². The molecule has 1 aliphatic heterocycles. The van der Waals surface area contributed by atoms with Gasteiger partial charge < -0.3 is 15.5 Å². The first kappa shape index (κ1) is 16.8. The molecule has 7 nitrogen and oxygen atoms in total. The molecule has 0 aliphatic carbocycles. The molecule has 0 atom stereocenters. The number of hydrogen-bond donors (Lipinski definition) is 1. The van der Waals surface area contributed by atoms with E-state index in [2.05, 4.69) is 30.0 Å². The van der Waals surface area contributed by atoms with Crippen molar-refractivity contribution in [3.8, 4) is 0 Å². The molecule has 2 aromatic rings. The molecular weight excluding hydrogens is 320 g/mol. The smallest absolute Gasteiger partial charge is 0.292 e. The maximum absolute atomic E-state index is 12.6. The van der Waals surface area contributed by atoms with Crippen LogP contribution in [0.5, 0.6) is 0 Å². The number of piperazine rings is 1. The van der Waals surface area contributed by atoms with Gasteiger partial charge in [-0.05, 0) is 36.8 Å². The summed E-state index contributed by atoms with van der Waals surface area (Å²) < 4.78 is 0. The Bertz CT molecular complexity index is 814. The summed E-state index contributed by atoms with van der Waals surface area (Å²) in [7, 11) is 0. The summed E-state index contributed by atoms with van der Waals surface area (Å²) >= 11 is 0. The fraction of sp³-hybridized carbons (Fsp3) is 0.278. The Hall–Kier alpha value is -3.09. The molecule has 0 radical (unpaired) electrons. The quantitative estimate of drug-likeness (QED) is 0.526. The lowest BCUT2D eigenvalue weighted by molar-refractivity contribution is -0.383.